The topological polar surface area (TPSA) is 63.7 Å². The van der Waals surface area contributed by atoms with E-state index in [1.807, 2.05) is 12.1 Å². The number of halogens is 1. The highest BCUT2D eigenvalue weighted by Gasteiger charge is 2.33. The van der Waals surface area contributed by atoms with Crippen LogP contribution >= 0.6 is 0 Å². The van der Waals surface area contributed by atoms with Crippen LogP contribution in [0.15, 0.2) is 54.6 Å². The Balaban J connectivity index is 1.72. The minimum Gasteiger partial charge on any atom is -0.497 e. The average Bonchev–Trinajstić information content (AvgIpc) is 2.85. The number of amides is 1. The van der Waals surface area contributed by atoms with E-state index >= 15 is 0 Å². The quantitative estimate of drug-likeness (QED) is 0.736. The molecular formula is C21H22FNO4S. The lowest BCUT2D eigenvalue weighted by Gasteiger charge is -2.18. The maximum Gasteiger partial charge on any atom is 0.246 e. The van der Waals surface area contributed by atoms with Gasteiger partial charge in [0.1, 0.15) is 11.6 Å². The third-order valence-corrected chi connectivity index (χ3v) is 6.95. The lowest BCUT2D eigenvalue weighted by atomic mass is 10.1. The van der Waals surface area contributed by atoms with Crippen molar-refractivity contribution in [1.82, 2.24) is 4.90 Å². The maximum absolute atomic E-state index is 14.1. The van der Waals surface area contributed by atoms with E-state index in [1.54, 1.807) is 31.4 Å². The molecule has 0 saturated carbocycles. The number of carbonyl (C=O) groups is 1. The first-order valence-electron chi connectivity index (χ1n) is 8.98. The summed E-state index contributed by atoms with van der Waals surface area (Å²) in [6, 6.07) is 13.1. The Morgan fingerprint density at radius 3 is 2.54 bits per heavy atom. The van der Waals surface area contributed by atoms with Gasteiger partial charge in [0.15, 0.2) is 9.84 Å². The lowest BCUT2D eigenvalue weighted by Crippen LogP contribution is -2.32. The van der Waals surface area contributed by atoms with Crippen molar-refractivity contribution in [3.05, 3.63) is 71.6 Å². The molecule has 1 saturated heterocycles. The minimum absolute atomic E-state index is 0.0963. The number of methoxy groups -OCH3 is 1. The highest BCUT2D eigenvalue weighted by Crippen LogP contribution is 2.31. The van der Waals surface area contributed by atoms with E-state index in [4.69, 9.17) is 4.74 Å². The van der Waals surface area contributed by atoms with Crippen LogP contribution in [-0.2, 0) is 14.6 Å². The Bertz CT molecular complexity index is 970. The molecule has 1 unspecified atom stereocenters. The van der Waals surface area contributed by atoms with Crippen LogP contribution in [0, 0.1) is 5.82 Å². The van der Waals surface area contributed by atoms with E-state index in [0.717, 1.165) is 11.3 Å². The van der Waals surface area contributed by atoms with Gasteiger partial charge in [-0.1, -0.05) is 30.3 Å². The molecule has 0 radical (unpaired) electrons. The van der Waals surface area contributed by atoms with Crippen LogP contribution in [-0.4, -0.2) is 45.2 Å². The van der Waals surface area contributed by atoms with Crippen LogP contribution in [0.5, 0.6) is 5.75 Å². The first kappa shape index (κ1) is 20.1. The molecule has 0 aliphatic carbocycles. The fraction of sp³-hybridized carbons (Fsp3) is 0.286. The van der Waals surface area contributed by atoms with Crippen molar-refractivity contribution in [2.75, 3.05) is 26.0 Å². The Morgan fingerprint density at radius 1 is 1.14 bits per heavy atom. The van der Waals surface area contributed by atoms with Gasteiger partial charge in [0.25, 0.3) is 0 Å². The molecule has 7 heteroatoms. The second kappa shape index (κ2) is 8.56. The predicted molar refractivity (Wildman–Crippen MR) is 106 cm³/mol. The molecule has 28 heavy (non-hydrogen) atoms. The van der Waals surface area contributed by atoms with Gasteiger partial charge < -0.3 is 9.64 Å². The largest absolute Gasteiger partial charge is 0.497 e. The molecule has 1 fully saturated rings. The van der Waals surface area contributed by atoms with E-state index in [2.05, 4.69) is 0 Å². The second-order valence-electron chi connectivity index (χ2n) is 6.60. The molecule has 0 aromatic heterocycles. The number of rotatable bonds is 4. The van der Waals surface area contributed by atoms with E-state index in [0.29, 0.717) is 0 Å². The van der Waals surface area contributed by atoms with Gasteiger partial charge in [0.2, 0.25) is 5.91 Å². The summed E-state index contributed by atoms with van der Waals surface area (Å²) < 4.78 is 44.5. The summed E-state index contributed by atoms with van der Waals surface area (Å²) >= 11 is 0. The Kier molecular flexibility index (Phi) is 6.14. The Labute approximate surface area is 164 Å². The van der Waals surface area contributed by atoms with Gasteiger partial charge in [-0.2, -0.15) is 0 Å². The number of benzene rings is 2. The van der Waals surface area contributed by atoms with E-state index in [-0.39, 0.29) is 36.7 Å². The molecule has 1 aliphatic rings. The van der Waals surface area contributed by atoms with Gasteiger partial charge in [-0.15, -0.1) is 0 Å². The molecule has 0 spiro atoms. The molecule has 0 bridgehead atoms. The van der Waals surface area contributed by atoms with E-state index < -0.39 is 20.9 Å². The van der Waals surface area contributed by atoms with Crippen molar-refractivity contribution >= 4 is 21.8 Å². The van der Waals surface area contributed by atoms with Gasteiger partial charge in [0.05, 0.1) is 18.1 Å². The van der Waals surface area contributed by atoms with Crippen molar-refractivity contribution in [1.29, 1.82) is 0 Å². The third-order valence-electron chi connectivity index (χ3n) is 4.84. The lowest BCUT2D eigenvalue weighted by molar-refractivity contribution is -0.125. The normalized spacial score (nSPS) is 19.4. The number of hydrogen-bond donors (Lipinski definition) is 0. The fourth-order valence-corrected chi connectivity index (χ4v) is 5.04. The summed E-state index contributed by atoms with van der Waals surface area (Å²) in [5.41, 5.74) is 1.01. The van der Waals surface area contributed by atoms with Gasteiger partial charge in [-0.05, 0) is 36.3 Å². The average molecular weight is 403 g/mol. The van der Waals surface area contributed by atoms with E-state index in [1.165, 1.54) is 29.2 Å². The van der Waals surface area contributed by atoms with Gasteiger partial charge in [-0.3, -0.25) is 4.79 Å². The Hall–Kier alpha value is -2.67. The zero-order valence-electron chi connectivity index (χ0n) is 15.5. The zero-order valence-corrected chi connectivity index (χ0v) is 16.4. The van der Waals surface area contributed by atoms with Gasteiger partial charge in [0, 0.05) is 24.7 Å². The van der Waals surface area contributed by atoms with Crippen LogP contribution in [0.1, 0.15) is 22.8 Å². The summed E-state index contributed by atoms with van der Waals surface area (Å²) in [4.78, 5) is 14.0. The monoisotopic (exact) mass is 403 g/mol. The summed E-state index contributed by atoms with van der Waals surface area (Å²) in [6.07, 6.45) is 3.28. The van der Waals surface area contributed by atoms with Gasteiger partial charge in [-0.25, -0.2) is 12.8 Å². The molecule has 1 atom stereocenters. The maximum atomic E-state index is 14.1. The second-order valence-corrected chi connectivity index (χ2v) is 8.90. The number of carbonyl (C=O) groups excluding carboxylic acids is 1. The first-order chi connectivity index (χ1) is 13.4. The highest BCUT2D eigenvalue weighted by atomic mass is 32.2. The molecule has 2 aromatic rings. The molecule has 148 valence electrons. The molecule has 1 aliphatic heterocycles. The smallest absolute Gasteiger partial charge is 0.246 e. The third kappa shape index (κ3) is 4.59. The van der Waals surface area contributed by atoms with Crippen molar-refractivity contribution in [3.8, 4) is 5.75 Å². The summed E-state index contributed by atoms with van der Waals surface area (Å²) in [6.45, 7) is 0.350. The molecule has 0 N–H and O–H groups in total. The van der Waals surface area contributed by atoms with Gasteiger partial charge >= 0.3 is 0 Å². The summed E-state index contributed by atoms with van der Waals surface area (Å²) in [5.74, 6) is -0.260. The molecule has 2 aromatic carbocycles. The molecular weight excluding hydrogens is 381 g/mol. The van der Waals surface area contributed by atoms with Crippen LogP contribution in [0.3, 0.4) is 0 Å². The number of sulfone groups is 1. The first-order valence-corrected chi connectivity index (χ1v) is 10.7. The highest BCUT2D eigenvalue weighted by molar-refractivity contribution is 7.91. The minimum atomic E-state index is -3.55. The molecule has 3 rings (SSSR count). The fourth-order valence-electron chi connectivity index (χ4n) is 3.24. The summed E-state index contributed by atoms with van der Waals surface area (Å²) in [7, 11) is -1.97. The number of nitrogens with zero attached hydrogens (tertiary/aromatic N) is 1. The summed E-state index contributed by atoms with van der Waals surface area (Å²) in [5, 5.41) is -0.933. The predicted octanol–water partition coefficient (Wildman–Crippen LogP) is 3.24. The van der Waals surface area contributed by atoms with Crippen LogP contribution < -0.4 is 4.74 Å². The van der Waals surface area contributed by atoms with Crippen LogP contribution in [0.25, 0.3) is 6.08 Å². The van der Waals surface area contributed by atoms with Crippen molar-refractivity contribution in [2.45, 2.75) is 11.7 Å². The van der Waals surface area contributed by atoms with Crippen molar-refractivity contribution in [3.63, 3.8) is 0 Å². The standard InChI is InChI=1S/C21H22FNO4S/c1-27-17-9-6-16(7-10-17)8-11-21(24)23-13-12-20(28(25,26)15-14-23)18-4-2-3-5-19(18)22/h2-11,20H,12-15H2,1H3/b11-8+. The molecule has 5 nitrogen and oxygen atoms in total. The van der Waals surface area contributed by atoms with Crippen LogP contribution in [0.4, 0.5) is 4.39 Å². The Morgan fingerprint density at radius 2 is 1.86 bits per heavy atom. The van der Waals surface area contributed by atoms with E-state index in [9.17, 15) is 17.6 Å². The molecule has 1 heterocycles. The molecule has 1 amide bonds. The van der Waals surface area contributed by atoms with Crippen molar-refractivity contribution < 1.29 is 22.3 Å². The number of hydrogen-bond acceptors (Lipinski definition) is 4. The SMILES string of the molecule is COc1ccc(/C=C/C(=O)N2CCC(c3ccccc3F)S(=O)(=O)CC2)cc1. The number of ether oxygens (including phenoxy) is 1. The van der Waals surface area contributed by atoms with Crippen LogP contribution in [0.2, 0.25) is 0 Å². The van der Waals surface area contributed by atoms with Crippen molar-refractivity contribution in [2.24, 2.45) is 0 Å². The zero-order chi connectivity index (χ0) is 20.1.